The Hall–Kier alpha value is -2.84. The number of benzene rings is 3. The van der Waals surface area contributed by atoms with Crippen molar-refractivity contribution >= 4 is 0 Å². The molecule has 0 spiro atoms. The third-order valence-electron chi connectivity index (χ3n) is 7.27. The molecule has 0 saturated carbocycles. The fourth-order valence-corrected chi connectivity index (χ4v) is 5.06. The molecule has 1 heterocycles. The molecule has 0 aromatic heterocycles. The molecule has 8 heteroatoms. The molecule has 1 aliphatic rings. The number of ether oxygens (including phenoxy) is 1. The summed E-state index contributed by atoms with van der Waals surface area (Å²) in [5, 5.41) is 0. The summed E-state index contributed by atoms with van der Waals surface area (Å²) in [6.45, 7) is 3.59. The molecule has 0 bridgehead atoms. The average Bonchev–Trinajstić information content (AvgIpc) is 2.88. The van der Waals surface area contributed by atoms with Crippen LogP contribution >= 0.6 is 0 Å². The Balaban J connectivity index is 1.50. The van der Waals surface area contributed by atoms with Crippen LogP contribution in [0, 0.1) is 0 Å². The van der Waals surface area contributed by atoms with Crippen LogP contribution in [0.4, 0.5) is 26.3 Å². The van der Waals surface area contributed by atoms with Crippen molar-refractivity contribution in [1.29, 1.82) is 0 Å². The Labute approximate surface area is 212 Å². The first-order chi connectivity index (χ1) is 17.5. The van der Waals surface area contributed by atoms with Gasteiger partial charge >= 0.3 is 12.4 Å². The normalized spacial score (nSPS) is 17.5. The van der Waals surface area contributed by atoms with E-state index in [-0.39, 0.29) is 36.3 Å². The van der Waals surface area contributed by atoms with Crippen LogP contribution in [0.25, 0.3) is 0 Å². The van der Waals surface area contributed by atoms with E-state index in [0.29, 0.717) is 0 Å². The van der Waals surface area contributed by atoms with Gasteiger partial charge in [0, 0.05) is 11.5 Å². The van der Waals surface area contributed by atoms with Crippen molar-refractivity contribution in [3.05, 3.63) is 107 Å². The fraction of sp³-hybridized carbons (Fsp3) is 0.379. The van der Waals surface area contributed by atoms with Gasteiger partial charge in [0.05, 0.1) is 24.3 Å². The Morgan fingerprint density at radius 3 is 1.81 bits per heavy atom. The topological polar surface area (TPSA) is 12.5 Å². The zero-order chi connectivity index (χ0) is 26.7. The van der Waals surface area contributed by atoms with E-state index < -0.39 is 23.5 Å². The zero-order valence-corrected chi connectivity index (χ0v) is 20.4. The lowest BCUT2D eigenvalue weighted by Crippen LogP contribution is -2.46. The van der Waals surface area contributed by atoms with Crippen LogP contribution in [0.3, 0.4) is 0 Å². The first-order valence-corrected chi connectivity index (χ1v) is 12.2. The highest BCUT2D eigenvalue weighted by Gasteiger charge is 2.39. The summed E-state index contributed by atoms with van der Waals surface area (Å²) in [6, 6.07) is 21.8. The van der Waals surface area contributed by atoms with Crippen molar-refractivity contribution in [2.75, 3.05) is 19.7 Å². The van der Waals surface area contributed by atoms with E-state index >= 15 is 0 Å². The van der Waals surface area contributed by atoms with Crippen molar-refractivity contribution in [1.82, 2.24) is 4.90 Å². The van der Waals surface area contributed by atoms with Gasteiger partial charge in [0.1, 0.15) is 0 Å². The molecule has 1 aliphatic heterocycles. The van der Waals surface area contributed by atoms with Crippen LogP contribution in [0.2, 0.25) is 0 Å². The van der Waals surface area contributed by atoms with Crippen LogP contribution in [-0.4, -0.2) is 24.6 Å². The van der Waals surface area contributed by atoms with Gasteiger partial charge in [0.25, 0.3) is 0 Å². The number of piperidine rings is 1. The maximum absolute atomic E-state index is 13.2. The van der Waals surface area contributed by atoms with Crippen molar-refractivity contribution in [3.63, 3.8) is 0 Å². The summed E-state index contributed by atoms with van der Waals surface area (Å²) < 4.78 is 85.3. The Morgan fingerprint density at radius 1 is 0.784 bits per heavy atom. The summed E-state index contributed by atoms with van der Waals surface area (Å²) >= 11 is 0. The van der Waals surface area contributed by atoms with Gasteiger partial charge in [0.2, 0.25) is 0 Å². The Kier molecular flexibility index (Phi) is 7.99. The van der Waals surface area contributed by atoms with Gasteiger partial charge in [-0.1, -0.05) is 60.7 Å². The number of nitrogens with zero attached hydrogens (tertiary/aromatic N) is 1. The molecule has 3 aromatic rings. The highest BCUT2D eigenvalue weighted by Crippen LogP contribution is 2.39. The average molecular weight is 522 g/mol. The van der Waals surface area contributed by atoms with Gasteiger partial charge in [-0.25, -0.2) is 0 Å². The van der Waals surface area contributed by atoms with Gasteiger partial charge in [0.15, 0.2) is 0 Å². The lowest BCUT2D eigenvalue weighted by molar-refractivity contribution is -0.143. The summed E-state index contributed by atoms with van der Waals surface area (Å²) in [4.78, 5) is 2.39. The minimum Gasteiger partial charge on any atom is -0.376 e. The molecule has 1 unspecified atom stereocenters. The maximum atomic E-state index is 13.2. The van der Waals surface area contributed by atoms with Gasteiger partial charge < -0.3 is 4.74 Å². The van der Waals surface area contributed by atoms with Gasteiger partial charge in [-0.3, -0.25) is 4.90 Å². The number of alkyl halides is 6. The SMILES string of the molecule is CC(c1ccccc1)N1CCC(COCc2cc(C(F)(F)F)cc(C(F)(F)F)c2)(c2ccccc2)CC1. The minimum absolute atomic E-state index is 0.137. The third-order valence-corrected chi connectivity index (χ3v) is 7.27. The molecule has 37 heavy (non-hydrogen) atoms. The Morgan fingerprint density at radius 2 is 1.30 bits per heavy atom. The summed E-state index contributed by atoms with van der Waals surface area (Å²) in [6.07, 6.45) is -8.26. The van der Waals surface area contributed by atoms with Crippen LogP contribution < -0.4 is 0 Å². The van der Waals surface area contributed by atoms with Crippen LogP contribution in [0.1, 0.15) is 53.6 Å². The predicted octanol–water partition coefficient (Wildman–Crippen LogP) is 8.04. The van der Waals surface area contributed by atoms with Crippen LogP contribution in [-0.2, 0) is 29.1 Å². The first kappa shape index (κ1) is 27.2. The van der Waals surface area contributed by atoms with Crippen LogP contribution in [0.15, 0.2) is 78.9 Å². The zero-order valence-electron chi connectivity index (χ0n) is 20.4. The molecule has 198 valence electrons. The standard InChI is InChI=1S/C29H29F6NO/c1-21(23-8-4-2-5-9-23)36-14-12-27(13-15-36,24-10-6-3-7-11-24)20-37-19-22-16-25(28(30,31)32)18-26(17-22)29(33,34)35/h2-11,16-18,21H,12-15,19-20H2,1H3. The molecule has 4 rings (SSSR count). The number of rotatable bonds is 7. The van der Waals surface area contributed by atoms with E-state index in [0.717, 1.165) is 43.6 Å². The molecule has 0 radical (unpaired) electrons. The van der Waals surface area contributed by atoms with E-state index in [1.165, 1.54) is 5.56 Å². The summed E-state index contributed by atoms with van der Waals surface area (Å²) in [5.41, 5.74) is -0.926. The lowest BCUT2D eigenvalue weighted by Gasteiger charge is -2.44. The second-order valence-electron chi connectivity index (χ2n) is 9.68. The fourth-order valence-electron chi connectivity index (χ4n) is 5.06. The number of hydrogen-bond acceptors (Lipinski definition) is 2. The molecule has 1 fully saturated rings. The van der Waals surface area contributed by atoms with Gasteiger partial charge in [-0.2, -0.15) is 26.3 Å². The van der Waals surface area contributed by atoms with Crippen LogP contribution in [0.5, 0.6) is 0 Å². The second kappa shape index (κ2) is 10.9. The van der Waals surface area contributed by atoms with Crippen molar-refractivity contribution in [2.45, 2.75) is 50.2 Å². The van der Waals surface area contributed by atoms with Crippen molar-refractivity contribution in [2.24, 2.45) is 0 Å². The van der Waals surface area contributed by atoms with Gasteiger partial charge in [-0.15, -0.1) is 0 Å². The smallest absolute Gasteiger partial charge is 0.376 e. The second-order valence-corrected chi connectivity index (χ2v) is 9.68. The van der Waals surface area contributed by atoms with Crippen molar-refractivity contribution < 1.29 is 31.1 Å². The van der Waals surface area contributed by atoms with E-state index in [2.05, 4.69) is 24.0 Å². The van der Waals surface area contributed by atoms with E-state index in [1.807, 2.05) is 48.5 Å². The first-order valence-electron chi connectivity index (χ1n) is 12.2. The minimum atomic E-state index is -4.89. The molecule has 0 N–H and O–H groups in total. The molecule has 3 aromatic carbocycles. The highest BCUT2D eigenvalue weighted by molar-refractivity contribution is 5.33. The number of hydrogen-bond donors (Lipinski definition) is 0. The third kappa shape index (κ3) is 6.54. The lowest BCUT2D eigenvalue weighted by atomic mass is 9.73. The molecule has 1 saturated heterocycles. The molecular weight excluding hydrogens is 492 g/mol. The van der Waals surface area contributed by atoms with Crippen molar-refractivity contribution in [3.8, 4) is 0 Å². The number of likely N-dealkylation sites (tertiary alicyclic amines) is 1. The molecule has 0 amide bonds. The maximum Gasteiger partial charge on any atom is 0.416 e. The molecular formula is C29H29F6NO. The van der Waals surface area contributed by atoms with E-state index in [1.54, 1.807) is 0 Å². The molecule has 2 nitrogen and oxygen atoms in total. The largest absolute Gasteiger partial charge is 0.416 e. The van der Waals surface area contributed by atoms with E-state index in [9.17, 15) is 26.3 Å². The summed E-state index contributed by atoms with van der Waals surface area (Å²) in [7, 11) is 0. The quantitative estimate of drug-likeness (QED) is 0.292. The monoisotopic (exact) mass is 521 g/mol. The van der Waals surface area contributed by atoms with E-state index in [4.69, 9.17) is 4.74 Å². The molecule has 0 aliphatic carbocycles. The molecule has 1 atom stereocenters. The number of halogens is 6. The van der Waals surface area contributed by atoms with Gasteiger partial charge in [-0.05, 0) is 67.7 Å². The highest BCUT2D eigenvalue weighted by atomic mass is 19.4. The summed E-state index contributed by atoms with van der Waals surface area (Å²) in [5.74, 6) is 0. The predicted molar refractivity (Wildman–Crippen MR) is 130 cm³/mol. The Bertz CT molecular complexity index is 1120.